The Labute approximate surface area is 157 Å². The van der Waals surface area contributed by atoms with Gasteiger partial charge in [0.2, 0.25) is 0 Å². The van der Waals surface area contributed by atoms with Gasteiger partial charge in [0.1, 0.15) is 0 Å². The number of likely N-dealkylation sites (tertiary alicyclic amines) is 1. The van der Waals surface area contributed by atoms with Crippen molar-refractivity contribution in [3.05, 3.63) is 29.3 Å². The molecule has 2 aliphatic heterocycles. The number of nitrogens with one attached hydrogen (secondary N) is 1. The fourth-order valence-corrected chi connectivity index (χ4v) is 3.65. The Balaban J connectivity index is 0.00000144. The Bertz CT molecular complexity index is 545. The second-order valence-corrected chi connectivity index (χ2v) is 6.54. The highest BCUT2D eigenvalue weighted by Crippen LogP contribution is 2.24. The summed E-state index contributed by atoms with van der Waals surface area (Å²) >= 11 is 0. The number of carbonyl (C=O) groups excluding carboxylic acids is 1. The summed E-state index contributed by atoms with van der Waals surface area (Å²) in [5.41, 5.74) is 3.30. The van der Waals surface area contributed by atoms with Crippen molar-refractivity contribution < 1.29 is 4.79 Å². The van der Waals surface area contributed by atoms with Crippen LogP contribution in [0.2, 0.25) is 0 Å². The van der Waals surface area contributed by atoms with E-state index in [-0.39, 0.29) is 30.7 Å². The van der Waals surface area contributed by atoms with Crippen LogP contribution in [0.3, 0.4) is 0 Å². The van der Waals surface area contributed by atoms with E-state index in [1.54, 1.807) is 0 Å². The lowest BCUT2D eigenvalue weighted by Crippen LogP contribution is -2.45. The standard InChI is InChI=1S/C18H27N3O.2ClH/c1-3-10-21-11-7-16(8-12-21)20(2)18(22)15-4-5-17-14(13-15)6-9-19-17;;/h4-5,13,16,19H,3,6-12H2,1-2H3;2*1H. The van der Waals surface area contributed by atoms with Crippen LogP contribution in [-0.2, 0) is 6.42 Å². The van der Waals surface area contributed by atoms with E-state index in [1.807, 2.05) is 24.1 Å². The van der Waals surface area contributed by atoms with E-state index in [0.717, 1.165) is 44.5 Å². The van der Waals surface area contributed by atoms with Crippen LogP contribution in [-0.4, -0.2) is 55.0 Å². The van der Waals surface area contributed by atoms with Gasteiger partial charge in [-0.25, -0.2) is 0 Å². The van der Waals surface area contributed by atoms with Gasteiger partial charge in [0.15, 0.2) is 0 Å². The molecule has 0 aliphatic carbocycles. The van der Waals surface area contributed by atoms with Crippen LogP contribution in [0.15, 0.2) is 18.2 Å². The minimum atomic E-state index is 0. The van der Waals surface area contributed by atoms with E-state index < -0.39 is 0 Å². The van der Waals surface area contributed by atoms with Crippen molar-refractivity contribution >= 4 is 36.4 Å². The van der Waals surface area contributed by atoms with Crippen LogP contribution in [0.4, 0.5) is 5.69 Å². The van der Waals surface area contributed by atoms with Gasteiger partial charge >= 0.3 is 0 Å². The number of benzene rings is 1. The number of hydrogen-bond acceptors (Lipinski definition) is 3. The predicted octanol–water partition coefficient (Wildman–Crippen LogP) is 3.44. The molecule has 0 aromatic heterocycles. The van der Waals surface area contributed by atoms with Crippen LogP contribution in [0, 0.1) is 0 Å². The molecule has 0 spiro atoms. The molecule has 1 saturated heterocycles. The van der Waals surface area contributed by atoms with E-state index in [1.165, 1.54) is 24.2 Å². The molecular weight excluding hydrogens is 345 g/mol. The first-order valence-electron chi connectivity index (χ1n) is 8.55. The second kappa shape index (κ2) is 9.50. The fourth-order valence-electron chi connectivity index (χ4n) is 3.65. The molecule has 6 heteroatoms. The summed E-state index contributed by atoms with van der Waals surface area (Å²) in [6, 6.07) is 6.46. The van der Waals surface area contributed by atoms with Crippen LogP contribution < -0.4 is 5.32 Å². The molecule has 1 aromatic rings. The third-order valence-corrected chi connectivity index (χ3v) is 5.03. The molecule has 2 heterocycles. The quantitative estimate of drug-likeness (QED) is 0.877. The minimum Gasteiger partial charge on any atom is -0.384 e. The van der Waals surface area contributed by atoms with Crippen molar-refractivity contribution in [2.24, 2.45) is 0 Å². The number of anilines is 1. The number of rotatable bonds is 4. The maximum Gasteiger partial charge on any atom is 0.253 e. The molecule has 2 aliphatic rings. The van der Waals surface area contributed by atoms with Crippen molar-refractivity contribution in [2.75, 3.05) is 38.5 Å². The highest BCUT2D eigenvalue weighted by Gasteiger charge is 2.26. The van der Waals surface area contributed by atoms with E-state index in [9.17, 15) is 4.79 Å². The second-order valence-electron chi connectivity index (χ2n) is 6.54. The first kappa shape index (κ1) is 21.1. The molecule has 4 nitrogen and oxygen atoms in total. The average molecular weight is 374 g/mol. The van der Waals surface area contributed by atoms with Gasteiger partial charge < -0.3 is 15.1 Å². The maximum absolute atomic E-state index is 12.7. The lowest BCUT2D eigenvalue weighted by molar-refractivity contribution is 0.0642. The van der Waals surface area contributed by atoms with Gasteiger partial charge in [-0.15, -0.1) is 24.8 Å². The van der Waals surface area contributed by atoms with Crippen LogP contribution in [0.5, 0.6) is 0 Å². The van der Waals surface area contributed by atoms with Crippen LogP contribution in [0.1, 0.15) is 42.1 Å². The molecule has 1 fully saturated rings. The molecule has 24 heavy (non-hydrogen) atoms. The van der Waals surface area contributed by atoms with Crippen LogP contribution >= 0.6 is 24.8 Å². The number of hydrogen-bond donors (Lipinski definition) is 1. The lowest BCUT2D eigenvalue weighted by atomic mass is 10.0. The number of fused-ring (bicyclic) bond motifs is 1. The molecule has 1 aromatic carbocycles. The van der Waals surface area contributed by atoms with E-state index >= 15 is 0 Å². The molecule has 0 atom stereocenters. The largest absolute Gasteiger partial charge is 0.384 e. The van der Waals surface area contributed by atoms with Crippen molar-refractivity contribution in [1.29, 1.82) is 0 Å². The van der Waals surface area contributed by atoms with Crippen molar-refractivity contribution in [1.82, 2.24) is 9.80 Å². The molecule has 0 bridgehead atoms. The zero-order chi connectivity index (χ0) is 15.5. The Kier molecular flexibility index (Phi) is 8.34. The summed E-state index contributed by atoms with van der Waals surface area (Å²) in [5.74, 6) is 0.170. The van der Waals surface area contributed by atoms with Gasteiger partial charge in [-0.1, -0.05) is 6.92 Å². The molecule has 1 N–H and O–H groups in total. The number of amides is 1. The summed E-state index contributed by atoms with van der Waals surface area (Å²) in [7, 11) is 1.97. The Morgan fingerprint density at radius 3 is 2.67 bits per heavy atom. The SMILES string of the molecule is CCCN1CCC(N(C)C(=O)c2ccc3c(c2)CCN3)CC1.Cl.Cl. The molecule has 0 unspecified atom stereocenters. The maximum atomic E-state index is 12.7. The van der Waals surface area contributed by atoms with E-state index in [2.05, 4.69) is 23.2 Å². The summed E-state index contributed by atoms with van der Waals surface area (Å²) in [6.07, 6.45) is 4.42. The normalized spacial score (nSPS) is 17.2. The first-order chi connectivity index (χ1) is 10.7. The van der Waals surface area contributed by atoms with Gasteiger partial charge in [-0.2, -0.15) is 0 Å². The molecule has 3 rings (SSSR count). The van der Waals surface area contributed by atoms with Crippen molar-refractivity contribution in [3.8, 4) is 0 Å². The van der Waals surface area contributed by atoms with Crippen LogP contribution in [0.25, 0.3) is 0 Å². The molecule has 0 saturated carbocycles. The summed E-state index contributed by atoms with van der Waals surface area (Å²) in [6.45, 7) is 6.62. The summed E-state index contributed by atoms with van der Waals surface area (Å²) in [5, 5.41) is 3.35. The number of carbonyl (C=O) groups is 1. The van der Waals surface area contributed by atoms with E-state index in [0.29, 0.717) is 6.04 Å². The zero-order valence-electron chi connectivity index (χ0n) is 14.6. The molecular formula is C18H29Cl2N3O. The zero-order valence-corrected chi connectivity index (χ0v) is 16.2. The monoisotopic (exact) mass is 373 g/mol. The molecule has 0 radical (unpaired) electrons. The number of halogens is 2. The first-order valence-corrected chi connectivity index (χ1v) is 8.55. The van der Waals surface area contributed by atoms with Crippen molar-refractivity contribution in [2.45, 2.75) is 38.6 Å². The average Bonchev–Trinajstić information content (AvgIpc) is 3.02. The lowest BCUT2D eigenvalue weighted by Gasteiger charge is -2.36. The van der Waals surface area contributed by atoms with Gasteiger partial charge in [0, 0.05) is 44.0 Å². The highest BCUT2D eigenvalue weighted by molar-refractivity contribution is 5.95. The predicted molar refractivity (Wildman–Crippen MR) is 105 cm³/mol. The van der Waals surface area contributed by atoms with Crippen molar-refractivity contribution in [3.63, 3.8) is 0 Å². The number of piperidine rings is 1. The third kappa shape index (κ3) is 4.56. The Hall–Kier alpha value is -0.970. The third-order valence-electron chi connectivity index (χ3n) is 5.03. The topological polar surface area (TPSA) is 35.6 Å². The number of nitrogens with zero attached hydrogens (tertiary/aromatic N) is 2. The van der Waals surface area contributed by atoms with Gasteiger partial charge in [-0.05, 0) is 56.0 Å². The Morgan fingerprint density at radius 1 is 1.29 bits per heavy atom. The minimum absolute atomic E-state index is 0. The molecule has 136 valence electrons. The van der Waals surface area contributed by atoms with Gasteiger partial charge in [0.05, 0.1) is 0 Å². The van der Waals surface area contributed by atoms with E-state index in [4.69, 9.17) is 0 Å². The molecule has 1 amide bonds. The van der Waals surface area contributed by atoms with Gasteiger partial charge in [-0.3, -0.25) is 4.79 Å². The summed E-state index contributed by atoms with van der Waals surface area (Å²) < 4.78 is 0. The Morgan fingerprint density at radius 2 is 2.00 bits per heavy atom. The van der Waals surface area contributed by atoms with Gasteiger partial charge in [0.25, 0.3) is 5.91 Å². The smallest absolute Gasteiger partial charge is 0.253 e. The fraction of sp³-hybridized carbons (Fsp3) is 0.611. The highest BCUT2D eigenvalue weighted by atomic mass is 35.5. The summed E-state index contributed by atoms with van der Waals surface area (Å²) in [4.78, 5) is 17.2.